The predicted octanol–water partition coefficient (Wildman–Crippen LogP) is 2.77. The molecular weight excluding hydrogens is 219 g/mol. The molecule has 1 aromatic heterocycles. The average molecular weight is 228 g/mol. The predicted molar refractivity (Wildman–Crippen MR) is 60.9 cm³/mol. The molecule has 0 aliphatic heterocycles. The number of nitrogens with zero attached hydrogens (tertiary/aromatic N) is 2. The van der Waals surface area contributed by atoms with Crippen LogP contribution in [-0.4, -0.2) is 12.1 Å². The fourth-order valence-electron chi connectivity index (χ4n) is 1.50. The maximum absolute atomic E-state index is 13.7. The molecule has 17 heavy (non-hydrogen) atoms. The van der Waals surface area contributed by atoms with Crippen molar-refractivity contribution in [1.29, 1.82) is 5.26 Å². The molecule has 0 N–H and O–H groups in total. The highest BCUT2D eigenvalue weighted by Gasteiger charge is 2.07. The lowest BCUT2D eigenvalue weighted by Gasteiger charge is -2.05. The van der Waals surface area contributed by atoms with Crippen molar-refractivity contribution in [2.45, 2.75) is 0 Å². The zero-order chi connectivity index (χ0) is 12.3. The minimum Gasteiger partial charge on any atom is -0.495 e. The number of benzene rings is 1. The summed E-state index contributed by atoms with van der Waals surface area (Å²) in [5, 5.41) is 8.66. The number of methoxy groups -OCH3 is 1. The number of rotatable bonds is 2. The first-order valence-electron chi connectivity index (χ1n) is 4.93. The lowest BCUT2D eigenvalue weighted by Crippen LogP contribution is -1.89. The van der Waals surface area contributed by atoms with Crippen molar-refractivity contribution in [3.05, 3.63) is 48.0 Å². The number of nitriles is 1. The van der Waals surface area contributed by atoms with Crippen molar-refractivity contribution in [2.24, 2.45) is 0 Å². The minimum absolute atomic E-state index is 0.294. The molecule has 0 unspecified atom stereocenters. The van der Waals surface area contributed by atoms with Crippen LogP contribution < -0.4 is 4.74 Å². The SMILES string of the molecule is COc1cncc(-c2ccc(C#N)cc2F)c1. The summed E-state index contributed by atoms with van der Waals surface area (Å²) < 4.78 is 18.8. The van der Waals surface area contributed by atoms with Crippen molar-refractivity contribution in [1.82, 2.24) is 4.98 Å². The summed E-state index contributed by atoms with van der Waals surface area (Å²) in [6.07, 6.45) is 3.10. The molecular formula is C13H9FN2O. The summed E-state index contributed by atoms with van der Waals surface area (Å²) in [6, 6.07) is 7.91. The van der Waals surface area contributed by atoms with Crippen molar-refractivity contribution < 1.29 is 9.13 Å². The Morgan fingerprint density at radius 3 is 2.76 bits per heavy atom. The van der Waals surface area contributed by atoms with Crippen LogP contribution in [0.2, 0.25) is 0 Å². The van der Waals surface area contributed by atoms with Crippen LogP contribution in [0.5, 0.6) is 5.75 Å². The first-order valence-corrected chi connectivity index (χ1v) is 4.93. The molecule has 2 rings (SSSR count). The lowest BCUT2D eigenvalue weighted by molar-refractivity contribution is 0.413. The summed E-state index contributed by atoms with van der Waals surface area (Å²) in [5.74, 6) is 0.116. The number of aromatic nitrogens is 1. The van der Waals surface area contributed by atoms with Crippen LogP contribution in [0, 0.1) is 17.1 Å². The number of hydrogen-bond acceptors (Lipinski definition) is 3. The van der Waals surface area contributed by atoms with Crippen molar-refractivity contribution >= 4 is 0 Å². The third kappa shape index (κ3) is 2.23. The van der Waals surface area contributed by atoms with E-state index < -0.39 is 5.82 Å². The molecule has 0 atom stereocenters. The van der Waals surface area contributed by atoms with Gasteiger partial charge in [-0.1, -0.05) is 6.07 Å². The van der Waals surface area contributed by atoms with E-state index in [1.54, 1.807) is 30.6 Å². The third-order valence-corrected chi connectivity index (χ3v) is 2.36. The minimum atomic E-state index is -0.445. The van der Waals surface area contributed by atoms with Crippen LogP contribution in [-0.2, 0) is 0 Å². The first kappa shape index (κ1) is 11.1. The summed E-state index contributed by atoms with van der Waals surface area (Å²) in [6.45, 7) is 0. The second-order valence-electron chi connectivity index (χ2n) is 3.42. The molecule has 84 valence electrons. The third-order valence-electron chi connectivity index (χ3n) is 2.36. The number of halogens is 1. The van der Waals surface area contributed by atoms with E-state index in [0.29, 0.717) is 22.4 Å². The highest BCUT2D eigenvalue weighted by molar-refractivity contribution is 5.65. The van der Waals surface area contributed by atoms with Gasteiger partial charge in [0.05, 0.1) is 24.9 Å². The van der Waals surface area contributed by atoms with Gasteiger partial charge in [0.2, 0.25) is 0 Å². The number of hydrogen-bond donors (Lipinski definition) is 0. The molecule has 0 saturated heterocycles. The molecule has 0 aliphatic rings. The molecule has 2 aromatic rings. The van der Waals surface area contributed by atoms with Gasteiger partial charge in [0.25, 0.3) is 0 Å². The van der Waals surface area contributed by atoms with Crippen molar-refractivity contribution in [3.8, 4) is 22.9 Å². The maximum Gasteiger partial charge on any atom is 0.137 e. The van der Waals surface area contributed by atoms with Gasteiger partial charge in [-0.2, -0.15) is 5.26 Å². The van der Waals surface area contributed by atoms with E-state index in [0.717, 1.165) is 0 Å². The monoisotopic (exact) mass is 228 g/mol. The van der Waals surface area contributed by atoms with Gasteiger partial charge in [-0.25, -0.2) is 4.39 Å². The van der Waals surface area contributed by atoms with Gasteiger partial charge in [-0.3, -0.25) is 4.98 Å². The fourth-order valence-corrected chi connectivity index (χ4v) is 1.50. The van der Waals surface area contributed by atoms with Crippen molar-refractivity contribution in [3.63, 3.8) is 0 Å². The Morgan fingerprint density at radius 1 is 1.29 bits per heavy atom. The molecule has 0 radical (unpaired) electrons. The van der Waals surface area contributed by atoms with E-state index in [-0.39, 0.29) is 0 Å². The van der Waals surface area contributed by atoms with E-state index in [1.165, 1.54) is 13.2 Å². The normalized spacial score (nSPS) is 9.71. The zero-order valence-corrected chi connectivity index (χ0v) is 9.14. The second-order valence-corrected chi connectivity index (χ2v) is 3.42. The van der Waals surface area contributed by atoms with Gasteiger partial charge in [0, 0.05) is 17.3 Å². The Morgan fingerprint density at radius 2 is 2.12 bits per heavy atom. The largest absolute Gasteiger partial charge is 0.495 e. The average Bonchev–Trinajstić information content (AvgIpc) is 2.38. The molecule has 0 spiro atoms. The highest BCUT2D eigenvalue weighted by Crippen LogP contribution is 2.25. The van der Waals surface area contributed by atoms with Crippen LogP contribution in [0.15, 0.2) is 36.7 Å². The summed E-state index contributed by atoms with van der Waals surface area (Å²) in [4.78, 5) is 3.96. The quantitative estimate of drug-likeness (QED) is 0.793. The summed E-state index contributed by atoms with van der Waals surface area (Å²) in [7, 11) is 1.52. The summed E-state index contributed by atoms with van der Waals surface area (Å²) in [5.41, 5.74) is 1.31. The lowest BCUT2D eigenvalue weighted by atomic mass is 10.1. The Balaban J connectivity index is 2.49. The van der Waals surface area contributed by atoms with E-state index >= 15 is 0 Å². The van der Waals surface area contributed by atoms with Gasteiger partial charge in [-0.15, -0.1) is 0 Å². The molecule has 0 bridgehead atoms. The van der Waals surface area contributed by atoms with Crippen LogP contribution in [0.4, 0.5) is 4.39 Å². The standard InChI is InChI=1S/C13H9FN2O/c1-17-11-5-10(7-16-8-11)12-3-2-9(6-15)4-13(12)14/h2-5,7-8H,1H3. The Kier molecular flexibility index (Phi) is 3.01. The zero-order valence-electron chi connectivity index (χ0n) is 9.14. The van der Waals surface area contributed by atoms with E-state index in [4.69, 9.17) is 10.00 Å². The van der Waals surface area contributed by atoms with Crippen LogP contribution in [0.25, 0.3) is 11.1 Å². The Bertz CT molecular complexity index is 590. The first-order chi connectivity index (χ1) is 8.24. The van der Waals surface area contributed by atoms with Gasteiger partial charge in [-0.05, 0) is 18.2 Å². The maximum atomic E-state index is 13.7. The van der Waals surface area contributed by atoms with E-state index in [2.05, 4.69) is 4.98 Å². The summed E-state index contributed by atoms with van der Waals surface area (Å²) >= 11 is 0. The molecule has 1 aromatic carbocycles. The van der Waals surface area contributed by atoms with E-state index in [9.17, 15) is 4.39 Å². The highest BCUT2D eigenvalue weighted by atomic mass is 19.1. The van der Waals surface area contributed by atoms with Gasteiger partial charge >= 0.3 is 0 Å². The molecule has 0 aliphatic carbocycles. The van der Waals surface area contributed by atoms with Crippen molar-refractivity contribution in [2.75, 3.05) is 7.11 Å². The molecule has 0 saturated carbocycles. The fraction of sp³-hybridized carbons (Fsp3) is 0.0769. The van der Waals surface area contributed by atoms with Crippen LogP contribution in [0.3, 0.4) is 0 Å². The number of ether oxygens (including phenoxy) is 1. The molecule has 3 nitrogen and oxygen atoms in total. The van der Waals surface area contributed by atoms with Crippen LogP contribution >= 0.6 is 0 Å². The van der Waals surface area contributed by atoms with Gasteiger partial charge < -0.3 is 4.74 Å². The second kappa shape index (κ2) is 4.62. The van der Waals surface area contributed by atoms with Gasteiger partial charge in [0.15, 0.2) is 0 Å². The number of pyridine rings is 1. The van der Waals surface area contributed by atoms with Crippen LogP contribution in [0.1, 0.15) is 5.56 Å². The molecule has 4 heteroatoms. The Labute approximate surface area is 98.1 Å². The molecule has 0 fully saturated rings. The molecule has 1 heterocycles. The topological polar surface area (TPSA) is 45.9 Å². The van der Waals surface area contributed by atoms with E-state index in [1.807, 2.05) is 6.07 Å². The smallest absolute Gasteiger partial charge is 0.137 e. The molecule has 0 amide bonds. The Hall–Kier alpha value is -2.41. The van der Waals surface area contributed by atoms with Gasteiger partial charge in [0.1, 0.15) is 11.6 Å².